The Morgan fingerprint density at radius 3 is 1.84 bits per heavy atom. The smallest absolute Gasteiger partial charge is 0.256 e. The van der Waals surface area contributed by atoms with E-state index in [-0.39, 0.29) is 5.91 Å². The zero-order valence-electron chi connectivity index (χ0n) is 16.6. The fraction of sp³-hybridized carbons (Fsp3) is 0.348. The van der Waals surface area contributed by atoms with Crippen LogP contribution in [0.1, 0.15) is 57.0 Å². The number of carbonyl (C=O) groups excluding carboxylic acids is 1. The molecular formula is C23H27NO. The van der Waals surface area contributed by atoms with Crippen molar-refractivity contribution < 1.29 is 4.79 Å². The molecule has 2 aromatic carbocycles. The van der Waals surface area contributed by atoms with E-state index in [0.29, 0.717) is 0 Å². The van der Waals surface area contributed by atoms with E-state index in [0.717, 1.165) is 28.0 Å². The van der Waals surface area contributed by atoms with E-state index in [1.807, 2.05) is 0 Å². The van der Waals surface area contributed by atoms with Crippen LogP contribution in [0.2, 0.25) is 0 Å². The molecule has 3 rings (SSSR count). The predicted octanol–water partition coefficient (Wildman–Crippen LogP) is 5.73. The van der Waals surface area contributed by atoms with Crippen LogP contribution >= 0.6 is 0 Å². The molecule has 1 N–H and O–H groups in total. The molecule has 130 valence electrons. The molecule has 0 saturated heterocycles. The molecule has 0 aliphatic carbocycles. The number of fused-ring (bicyclic) bond motifs is 1. The molecule has 0 spiro atoms. The Morgan fingerprint density at radius 1 is 0.760 bits per heavy atom. The van der Waals surface area contributed by atoms with Gasteiger partial charge in [0, 0.05) is 5.56 Å². The van der Waals surface area contributed by atoms with E-state index in [1.54, 1.807) is 0 Å². The number of amides is 1. The van der Waals surface area contributed by atoms with E-state index in [4.69, 9.17) is 0 Å². The second-order valence-electron chi connectivity index (χ2n) is 7.44. The Kier molecular flexibility index (Phi) is 4.10. The van der Waals surface area contributed by atoms with Gasteiger partial charge in [0.2, 0.25) is 0 Å². The number of hydrogen-bond acceptors (Lipinski definition) is 1. The molecule has 1 heterocycles. The summed E-state index contributed by atoms with van der Waals surface area (Å²) in [6, 6.07) is 4.39. The Hall–Kier alpha value is -2.35. The normalized spacial score (nSPS) is 15.3. The van der Waals surface area contributed by atoms with Crippen molar-refractivity contribution in [2.24, 2.45) is 0 Å². The summed E-state index contributed by atoms with van der Waals surface area (Å²) in [5.41, 5.74) is 13.8. The van der Waals surface area contributed by atoms with Crippen molar-refractivity contribution in [1.82, 2.24) is 0 Å². The minimum atomic E-state index is 0.0135. The summed E-state index contributed by atoms with van der Waals surface area (Å²) in [5.74, 6) is 0.0135. The Balaban J connectivity index is 2.34. The minimum absolute atomic E-state index is 0.0135. The number of carbonyl (C=O) groups is 1. The fourth-order valence-electron chi connectivity index (χ4n) is 3.83. The summed E-state index contributed by atoms with van der Waals surface area (Å²) < 4.78 is 0. The first-order valence-corrected chi connectivity index (χ1v) is 8.86. The highest BCUT2D eigenvalue weighted by Gasteiger charge is 2.31. The topological polar surface area (TPSA) is 29.1 Å². The van der Waals surface area contributed by atoms with Gasteiger partial charge in [-0.2, -0.15) is 0 Å². The van der Waals surface area contributed by atoms with Gasteiger partial charge in [-0.25, -0.2) is 0 Å². The van der Waals surface area contributed by atoms with Crippen LogP contribution in [0.5, 0.6) is 0 Å². The highest BCUT2D eigenvalue weighted by atomic mass is 16.2. The molecule has 0 fully saturated rings. The van der Waals surface area contributed by atoms with Crippen molar-refractivity contribution in [2.75, 3.05) is 5.32 Å². The highest BCUT2D eigenvalue weighted by molar-refractivity contribution is 6.37. The van der Waals surface area contributed by atoms with Gasteiger partial charge >= 0.3 is 0 Å². The standard InChI is InChI=1S/C23H27NO/c1-11-9-19(10-12(2)13(11)3)18(8)21-20-16(6)14(4)15(5)17(7)22(20)24-23(21)25/h9-10H,1-8H3,(H,24,25)/b21-18-. The molecule has 2 heteroatoms. The van der Waals surface area contributed by atoms with Crippen molar-refractivity contribution in [3.63, 3.8) is 0 Å². The second kappa shape index (κ2) is 5.87. The van der Waals surface area contributed by atoms with E-state index < -0.39 is 0 Å². The molecule has 0 aromatic heterocycles. The molecule has 1 aliphatic rings. The summed E-state index contributed by atoms with van der Waals surface area (Å²) in [4.78, 5) is 12.8. The second-order valence-corrected chi connectivity index (χ2v) is 7.44. The molecule has 2 nitrogen and oxygen atoms in total. The summed E-state index contributed by atoms with van der Waals surface area (Å²) in [7, 11) is 0. The van der Waals surface area contributed by atoms with Crippen molar-refractivity contribution in [1.29, 1.82) is 0 Å². The molecule has 1 aliphatic heterocycles. The Morgan fingerprint density at radius 2 is 1.28 bits per heavy atom. The van der Waals surface area contributed by atoms with Crippen LogP contribution < -0.4 is 5.32 Å². The molecule has 1 amide bonds. The summed E-state index contributed by atoms with van der Waals surface area (Å²) in [5, 5.41) is 3.12. The summed E-state index contributed by atoms with van der Waals surface area (Å²) in [6.07, 6.45) is 0. The maximum atomic E-state index is 12.8. The largest absolute Gasteiger partial charge is 0.321 e. The van der Waals surface area contributed by atoms with Gasteiger partial charge in [0.15, 0.2) is 0 Å². The third-order valence-corrected chi connectivity index (χ3v) is 6.14. The fourth-order valence-corrected chi connectivity index (χ4v) is 3.83. The van der Waals surface area contributed by atoms with Crippen LogP contribution in [0.3, 0.4) is 0 Å². The van der Waals surface area contributed by atoms with Gasteiger partial charge in [0.05, 0.1) is 11.3 Å². The molecule has 0 unspecified atom stereocenters. The molecule has 0 atom stereocenters. The van der Waals surface area contributed by atoms with Crippen molar-refractivity contribution in [2.45, 2.75) is 55.4 Å². The lowest BCUT2D eigenvalue weighted by Crippen LogP contribution is -2.06. The van der Waals surface area contributed by atoms with Gasteiger partial charge in [0.1, 0.15) is 0 Å². The summed E-state index contributed by atoms with van der Waals surface area (Å²) in [6.45, 7) is 17.0. The van der Waals surface area contributed by atoms with E-state index in [1.165, 1.54) is 38.9 Å². The zero-order chi connectivity index (χ0) is 18.6. The first kappa shape index (κ1) is 17.5. The third-order valence-electron chi connectivity index (χ3n) is 6.14. The van der Waals surface area contributed by atoms with Crippen LogP contribution in [0.25, 0.3) is 11.1 Å². The van der Waals surface area contributed by atoms with Gasteiger partial charge in [-0.05, 0) is 105 Å². The van der Waals surface area contributed by atoms with Crippen LogP contribution in [-0.4, -0.2) is 5.91 Å². The maximum Gasteiger partial charge on any atom is 0.256 e. The van der Waals surface area contributed by atoms with Gasteiger partial charge in [-0.3, -0.25) is 4.79 Å². The number of allylic oxidation sites excluding steroid dienone is 1. The number of aryl methyl sites for hydroxylation is 2. The Labute approximate surface area is 151 Å². The molecular weight excluding hydrogens is 306 g/mol. The minimum Gasteiger partial charge on any atom is -0.321 e. The van der Waals surface area contributed by atoms with Crippen LogP contribution in [0.4, 0.5) is 5.69 Å². The number of nitrogens with one attached hydrogen (secondary N) is 1. The maximum absolute atomic E-state index is 12.8. The van der Waals surface area contributed by atoms with E-state index in [2.05, 4.69) is 72.8 Å². The summed E-state index contributed by atoms with van der Waals surface area (Å²) >= 11 is 0. The highest BCUT2D eigenvalue weighted by Crippen LogP contribution is 2.43. The van der Waals surface area contributed by atoms with E-state index >= 15 is 0 Å². The number of anilines is 1. The number of rotatable bonds is 1. The van der Waals surface area contributed by atoms with Gasteiger partial charge in [-0.15, -0.1) is 0 Å². The molecule has 0 bridgehead atoms. The monoisotopic (exact) mass is 333 g/mol. The quantitative estimate of drug-likeness (QED) is 0.664. The van der Waals surface area contributed by atoms with Gasteiger partial charge in [0.25, 0.3) is 5.91 Å². The van der Waals surface area contributed by atoms with Crippen LogP contribution in [0.15, 0.2) is 12.1 Å². The third kappa shape index (κ3) is 2.52. The van der Waals surface area contributed by atoms with Crippen molar-refractivity contribution in [3.8, 4) is 0 Å². The number of benzene rings is 2. The lowest BCUT2D eigenvalue weighted by Gasteiger charge is -2.16. The Bertz CT molecular complexity index is 938. The SMILES string of the molecule is C/C(=C1/C(=O)Nc2c(C)c(C)c(C)c(C)c21)c1cc(C)c(C)c(C)c1. The average molecular weight is 333 g/mol. The van der Waals surface area contributed by atoms with Crippen LogP contribution in [0, 0.1) is 48.5 Å². The first-order valence-electron chi connectivity index (χ1n) is 8.86. The first-order chi connectivity index (χ1) is 11.6. The molecule has 0 radical (unpaired) electrons. The number of hydrogen-bond donors (Lipinski definition) is 1. The van der Waals surface area contributed by atoms with Crippen LogP contribution in [-0.2, 0) is 4.79 Å². The van der Waals surface area contributed by atoms with E-state index in [9.17, 15) is 4.79 Å². The van der Waals surface area contributed by atoms with Gasteiger partial charge < -0.3 is 5.32 Å². The molecule has 25 heavy (non-hydrogen) atoms. The van der Waals surface area contributed by atoms with Crippen molar-refractivity contribution in [3.05, 3.63) is 62.2 Å². The average Bonchev–Trinajstić information content (AvgIpc) is 2.92. The van der Waals surface area contributed by atoms with Gasteiger partial charge in [-0.1, -0.05) is 12.1 Å². The predicted molar refractivity (Wildman–Crippen MR) is 107 cm³/mol. The lowest BCUT2D eigenvalue weighted by molar-refractivity contribution is -0.110. The zero-order valence-corrected chi connectivity index (χ0v) is 16.6. The molecule has 2 aromatic rings. The van der Waals surface area contributed by atoms with Crippen molar-refractivity contribution >= 4 is 22.7 Å². The lowest BCUT2D eigenvalue weighted by atomic mass is 9.87. The molecule has 0 saturated carbocycles.